The number of carbonyl (C=O) groups excluding carboxylic acids is 1. The van der Waals surface area contributed by atoms with Crippen molar-refractivity contribution in [2.75, 3.05) is 19.8 Å². The molecule has 0 amide bonds. The lowest BCUT2D eigenvalue weighted by Gasteiger charge is -2.32. The molecule has 4 heteroatoms. The van der Waals surface area contributed by atoms with Crippen LogP contribution < -0.4 is 5.32 Å². The molecule has 1 rings (SSSR count). The number of rotatable bonds is 8. The van der Waals surface area contributed by atoms with E-state index in [1.165, 1.54) is 0 Å². The molecule has 0 radical (unpaired) electrons. The summed E-state index contributed by atoms with van der Waals surface area (Å²) in [6.07, 6.45) is 5.97. The van der Waals surface area contributed by atoms with Crippen molar-refractivity contribution in [3.05, 3.63) is 0 Å². The van der Waals surface area contributed by atoms with Gasteiger partial charge in [-0.05, 0) is 44.4 Å². The zero-order chi connectivity index (χ0) is 15.0. The first-order valence-corrected chi connectivity index (χ1v) is 7.99. The first-order valence-electron chi connectivity index (χ1n) is 7.99. The molecule has 0 heterocycles. The average Bonchev–Trinajstić information content (AvgIpc) is 2.44. The normalized spacial score (nSPS) is 23.6. The van der Waals surface area contributed by atoms with Gasteiger partial charge in [-0.1, -0.05) is 20.3 Å². The van der Waals surface area contributed by atoms with Crippen LogP contribution in [0.5, 0.6) is 0 Å². The SMILES string of the molecule is CCOC(=O)C1CCCC(NCC(C)(C)CCCO)C1. The van der Waals surface area contributed by atoms with Gasteiger partial charge in [0.25, 0.3) is 0 Å². The number of nitrogens with one attached hydrogen (secondary N) is 1. The van der Waals surface area contributed by atoms with Gasteiger partial charge in [0, 0.05) is 19.2 Å². The van der Waals surface area contributed by atoms with Crippen molar-refractivity contribution >= 4 is 5.97 Å². The van der Waals surface area contributed by atoms with Gasteiger partial charge in [0.05, 0.1) is 12.5 Å². The van der Waals surface area contributed by atoms with Crippen LogP contribution >= 0.6 is 0 Å². The molecule has 20 heavy (non-hydrogen) atoms. The fraction of sp³-hybridized carbons (Fsp3) is 0.938. The van der Waals surface area contributed by atoms with Crippen LogP contribution in [0.1, 0.15) is 59.3 Å². The van der Waals surface area contributed by atoms with E-state index >= 15 is 0 Å². The number of carbonyl (C=O) groups is 1. The minimum absolute atomic E-state index is 0.0291. The van der Waals surface area contributed by atoms with E-state index in [4.69, 9.17) is 9.84 Å². The molecule has 2 N–H and O–H groups in total. The summed E-state index contributed by atoms with van der Waals surface area (Å²) in [6.45, 7) is 7.98. The monoisotopic (exact) mass is 285 g/mol. The Kier molecular flexibility index (Phi) is 7.52. The standard InChI is InChI=1S/C16H31NO3/c1-4-20-15(19)13-7-5-8-14(11-13)17-12-16(2,3)9-6-10-18/h13-14,17-18H,4-12H2,1-3H3. The summed E-state index contributed by atoms with van der Waals surface area (Å²) in [7, 11) is 0. The van der Waals surface area contributed by atoms with E-state index in [2.05, 4.69) is 19.2 Å². The molecule has 2 atom stereocenters. The smallest absolute Gasteiger partial charge is 0.308 e. The second-order valence-electron chi connectivity index (χ2n) is 6.68. The first-order chi connectivity index (χ1) is 9.48. The van der Waals surface area contributed by atoms with Crippen molar-refractivity contribution in [1.82, 2.24) is 5.32 Å². The van der Waals surface area contributed by atoms with Crippen molar-refractivity contribution < 1.29 is 14.6 Å². The molecule has 0 saturated heterocycles. The lowest BCUT2D eigenvalue weighted by atomic mass is 9.83. The van der Waals surface area contributed by atoms with Gasteiger partial charge in [-0.3, -0.25) is 4.79 Å². The van der Waals surface area contributed by atoms with E-state index in [0.717, 1.165) is 45.1 Å². The van der Waals surface area contributed by atoms with Crippen molar-refractivity contribution in [2.24, 2.45) is 11.3 Å². The van der Waals surface area contributed by atoms with Crippen LogP contribution in [0.25, 0.3) is 0 Å². The highest BCUT2D eigenvalue weighted by atomic mass is 16.5. The molecular formula is C16H31NO3. The van der Waals surface area contributed by atoms with Crippen molar-refractivity contribution in [3.8, 4) is 0 Å². The Labute approximate surface area is 123 Å². The molecule has 1 aliphatic carbocycles. The van der Waals surface area contributed by atoms with Gasteiger partial charge in [-0.2, -0.15) is 0 Å². The predicted molar refractivity (Wildman–Crippen MR) is 80.5 cm³/mol. The van der Waals surface area contributed by atoms with E-state index < -0.39 is 0 Å². The summed E-state index contributed by atoms with van der Waals surface area (Å²) >= 11 is 0. The third-order valence-electron chi connectivity index (χ3n) is 4.18. The number of hydrogen-bond donors (Lipinski definition) is 2. The maximum absolute atomic E-state index is 11.8. The summed E-state index contributed by atoms with van der Waals surface area (Å²) in [5, 5.41) is 12.5. The van der Waals surface area contributed by atoms with E-state index in [1.54, 1.807) is 0 Å². The van der Waals surface area contributed by atoms with E-state index in [0.29, 0.717) is 12.6 Å². The highest BCUT2D eigenvalue weighted by Gasteiger charge is 2.29. The zero-order valence-corrected chi connectivity index (χ0v) is 13.3. The summed E-state index contributed by atoms with van der Waals surface area (Å²) < 4.78 is 5.13. The molecule has 0 aromatic carbocycles. The van der Waals surface area contributed by atoms with E-state index in [1.807, 2.05) is 6.92 Å². The average molecular weight is 285 g/mol. The molecule has 118 valence electrons. The van der Waals surface area contributed by atoms with Crippen LogP contribution in [0, 0.1) is 11.3 Å². The topological polar surface area (TPSA) is 58.6 Å². The molecular weight excluding hydrogens is 254 g/mol. The number of aliphatic hydroxyl groups is 1. The van der Waals surface area contributed by atoms with Gasteiger partial charge in [-0.15, -0.1) is 0 Å². The van der Waals surface area contributed by atoms with E-state index in [9.17, 15) is 4.79 Å². The Bertz CT molecular complexity index is 291. The first kappa shape index (κ1) is 17.4. The maximum Gasteiger partial charge on any atom is 0.308 e. The van der Waals surface area contributed by atoms with Gasteiger partial charge < -0.3 is 15.2 Å². The van der Waals surface area contributed by atoms with E-state index in [-0.39, 0.29) is 23.9 Å². The second kappa shape index (κ2) is 8.63. The highest BCUT2D eigenvalue weighted by Crippen LogP contribution is 2.27. The maximum atomic E-state index is 11.8. The largest absolute Gasteiger partial charge is 0.466 e. The lowest BCUT2D eigenvalue weighted by Crippen LogP contribution is -2.41. The highest BCUT2D eigenvalue weighted by molar-refractivity contribution is 5.72. The van der Waals surface area contributed by atoms with Gasteiger partial charge in [0.2, 0.25) is 0 Å². The minimum Gasteiger partial charge on any atom is -0.466 e. The minimum atomic E-state index is -0.0291. The van der Waals surface area contributed by atoms with Crippen LogP contribution in [-0.4, -0.2) is 36.9 Å². The number of hydrogen-bond acceptors (Lipinski definition) is 4. The number of aliphatic hydroxyl groups excluding tert-OH is 1. The van der Waals surface area contributed by atoms with Gasteiger partial charge in [0.15, 0.2) is 0 Å². The van der Waals surface area contributed by atoms with Crippen molar-refractivity contribution in [1.29, 1.82) is 0 Å². The Morgan fingerprint density at radius 3 is 2.80 bits per heavy atom. The lowest BCUT2D eigenvalue weighted by molar-refractivity contribution is -0.149. The Morgan fingerprint density at radius 1 is 1.40 bits per heavy atom. The molecule has 0 aromatic rings. The Morgan fingerprint density at radius 2 is 2.15 bits per heavy atom. The number of esters is 1. The van der Waals surface area contributed by atoms with Gasteiger partial charge in [-0.25, -0.2) is 0 Å². The molecule has 0 aliphatic heterocycles. The predicted octanol–water partition coefficient (Wildman–Crippen LogP) is 2.50. The summed E-state index contributed by atoms with van der Waals surface area (Å²) in [5.74, 6) is 0.0419. The fourth-order valence-corrected chi connectivity index (χ4v) is 2.92. The number of ether oxygens (including phenoxy) is 1. The molecule has 1 saturated carbocycles. The third-order valence-corrected chi connectivity index (χ3v) is 4.18. The van der Waals surface area contributed by atoms with Crippen LogP contribution in [0.3, 0.4) is 0 Å². The van der Waals surface area contributed by atoms with Gasteiger partial charge >= 0.3 is 5.97 Å². The van der Waals surface area contributed by atoms with Crippen molar-refractivity contribution in [3.63, 3.8) is 0 Å². The molecule has 2 unspecified atom stereocenters. The summed E-state index contributed by atoms with van der Waals surface area (Å²) in [6, 6.07) is 0.423. The molecule has 1 fully saturated rings. The third kappa shape index (κ3) is 6.23. The summed E-state index contributed by atoms with van der Waals surface area (Å²) in [5.41, 5.74) is 0.194. The van der Waals surface area contributed by atoms with Crippen LogP contribution in [0.15, 0.2) is 0 Å². The molecule has 1 aliphatic rings. The Hall–Kier alpha value is -0.610. The van der Waals surface area contributed by atoms with Crippen LogP contribution in [-0.2, 0) is 9.53 Å². The molecule has 4 nitrogen and oxygen atoms in total. The summed E-state index contributed by atoms with van der Waals surface area (Å²) in [4.78, 5) is 11.8. The fourth-order valence-electron chi connectivity index (χ4n) is 2.92. The Balaban J connectivity index is 2.34. The molecule has 0 bridgehead atoms. The zero-order valence-electron chi connectivity index (χ0n) is 13.3. The van der Waals surface area contributed by atoms with Gasteiger partial charge in [0.1, 0.15) is 0 Å². The molecule has 0 spiro atoms. The quantitative estimate of drug-likeness (QED) is 0.673. The van der Waals surface area contributed by atoms with Crippen LogP contribution in [0.2, 0.25) is 0 Å². The molecule has 0 aromatic heterocycles. The van der Waals surface area contributed by atoms with Crippen molar-refractivity contribution in [2.45, 2.75) is 65.3 Å². The van der Waals surface area contributed by atoms with Crippen LogP contribution in [0.4, 0.5) is 0 Å². The second-order valence-corrected chi connectivity index (χ2v) is 6.68.